The predicted octanol–water partition coefficient (Wildman–Crippen LogP) is 1.71. The zero-order valence-electron chi connectivity index (χ0n) is 9.27. The SMILES string of the molecule is C=CCn1ccnc1NCc1cn[nH]c1C. The van der Waals surface area contributed by atoms with Crippen LogP contribution in [0.1, 0.15) is 11.3 Å². The summed E-state index contributed by atoms with van der Waals surface area (Å²) in [6, 6.07) is 0. The van der Waals surface area contributed by atoms with Crippen molar-refractivity contribution in [2.45, 2.75) is 20.0 Å². The summed E-state index contributed by atoms with van der Waals surface area (Å²) >= 11 is 0. The van der Waals surface area contributed by atoms with E-state index in [0.29, 0.717) is 0 Å². The van der Waals surface area contributed by atoms with E-state index in [-0.39, 0.29) is 0 Å². The zero-order chi connectivity index (χ0) is 11.4. The normalized spacial score (nSPS) is 10.3. The fourth-order valence-electron chi connectivity index (χ4n) is 1.49. The lowest BCUT2D eigenvalue weighted by atomic mass is 10.3. The third-order valence-electron chi connectivity index (χ3n) is 2.41. The first kappa shape index (κ1) is 10.5. The first-order valence-electron chi connectivity index (χ1n) is 5.16. The van der Waals surface area contributed by atoms with E-state index in [1.807, 2.05) is 30.0 Å². The molecule has 0 aliphatic heterocycles. The van der Waals surface area contributed by atoms with Crippen molar-refractivity contribution in [1.82, 2.24) is 19.7 Å². The number of aryl methyl sites for hydroxylation is 1. The van der Waals surface area contributed by atoms with Gasteiger partial charge in [0, 0.05) is 36.7 Å². The van der Waals surface area contributed by atoms with Crippen LogP contribution in [0.4, 0.5) is 5.95 Å². The van der Waals surface area contributed by atoms with Crippen LogP contribution >= 0.6 is 0 Å². The van der Waals surface area contributed by atoms with Crippen LogP contribution in [0, 0.1) is 6.92 Å². The van der Waals surface area contributed by atoms with Crippen molar-refractivity contribution in [2.24, 2.45) is 0 Å². The molecule has 5 nitrogen and oxygen atoms in total. The van der Waals surface area contributed by atoms with Gasteiger partial charge in [0.15, 0.2) is 0 Å². The lowest BCUT2D eigenvalue weighted by Crippen LogP contribution is -2.06. The number of hydrogen-bond donors (Lipinski definition) is 2. The van der Waals surface area contributed by atoms with Gasteiger partial charge in [0.25, 0.3) is 0 Å². The molecule has 2 aromatic heterocycles. The summed E-state index contributed by atoms with van der Waals surface area (Å²) in [4.78, 5) is 4.24. The van der Waals surface area contributed by atoms with Gasteiger partial charge in [0.1, 0.15) is 0 Å². The van der Waals surface area contributed by atoms with Crippen LogP contribution < -0.4 is 5.32 Å². The minimum Gasteiger partial charge on any atom is -0.351 e. The summed E-state index contributed by atoms with van der Waals surface area (Å²) in [7, 11) is 0. The Morgan fingerprint density at radius 1 is 1.62 bits per heavy atom. The van der Waals surface area contributed by atoms with Crippen molar-refractivity contribution in [2.75, 3.05) is 5.32 Å². The molecule has 0 atom stereocenters. The number of nitrogens with zero attached hydrogens (tertiary/aromatic N) is 3. The molecule has 0 amide bonds. The van der Waals surface area contributed by atoms with Crippen LogP contribution in [0.25, 0.3) is 0 Å². The van der Waals surface area contributed by atoms with Gasteiger partial charge < -0.3 is 9.88 Å². The molecule has 0 saturated carbocycles. The van der Waals surface area contributed by atoms with Crippen molar-refractivity contribution in [3.63, 3.8) is 0 Å². The highest BCUT2D eigenvalue weighted by Gasteiger charge is 2.03. The van der Waals surface area contributed by atoms with Crippen LogP contribution in [0.5, 0.6) is 0 Å². The Bertz CT molecular complexity index is 468. The quantitative estimate of drug-likeness (QED) is 0.750. The molecule has 0 aromatic carbocycles. The molecule has 0 spiro atoms. The van der Waals surface area contributed by atoms with Crippen molar-refractivity contribution in [3.8, 4) is 0 Å². The number of aromatic amines is 1. The Hall–Kier alpha value is -2.04. The highest BCUT2D eigenvalue weighted by molar-refractivity contribution is 5.29. The molecule has 0 unspecified atom stereocenters. The number of H-pyrrole nitrogens is 1. The van der Waals surface area contributed by atoms with Crippen LogP contribution in [0.3, 0.4) is 0 Å². The third kappa shape index (κ3) is 2.13. The average molecular weight is 217 g/mol. The fraction of sp³-hybridized carbons (Fsp3) is 0.273. The molecule has 0 aliphatic carbocycles. The maximum Gasteiger partial charge on any atom is 0.203 e. The maximum absolute atomic E-state index is 4.24. The summed E-state index contributed by atoms with van der Waals surface area (Å²) in [5.41, 5.74) is 2.22. The largest absolute Gasteiger partial charge is 0.351 e. The van der Waals surface area contributed by atoms with E-state index in [1.165, 1.54) is 0 Å². The molecule has 0 saturated heterocycles. The third-order valence-corrected chi connectivity index (χ3v) is 2.41. The molecule has 0 aliphatic rings. The number of anilines is 1. The Morgan fingerprint density at radius 2 is 2.50 bits per heavy atom. The van der Waals surface area contributed by atoms with E-state index >= 15 is 0 Å². The maximum atomic E-state index is 4.24. The summed E-state index contributed by atoms with van der Waals surface area (Å²) in [6.45, 7) is 7.19. The van der Waals surface area contributed by atoms with E-state index in [2.05, 4.69) is 27.1 Å². The molecular weight excluding hydrogens is 202 g/mol. The van der Waals surface area contributed by atoms with Gasteiger partial charge in [-0.1, -0.05) is 6.08 Å². The molecule has 0 radical (unpaired) electrons. The van der Waals surface area contributed by atoms with Crippen molar-refractivity contribution >= 4 is 5.95 Å². The van der Waals surface area contributed by atoms with Crippen molar-refractivity contribution in [1.29, 1.82) is 0 Å². The van der Waals surface area contributed by atoms with Gasteiger partial charge in [-0.2, -0.15) is 5.10 Å². The minimum atomic E-state index is 0.719. The lowest BCUT2D eigenvalue weighted by molar-refractivity contribution is 0.819. The number of allylic oxidation sites excluding steroid dienone is 1. The molecule has 5 heteroatoms. The van der Waals surface area contributed by atoms with Gasteiger partial charge in [0.05, 0.1) is 6.20 Å². The summed E-state index contributed by atoms with van der Waals surface area (Å²) in [6.07, 6.45) is 7.36. The van der Waals surface area contributed by atoms with Crippen molar-refractivity contribution < 1.29 is 0 Å². The Kier molecular flexibility index (Phi) is 3.05. The molecule has 84 valence electrons. The Morgan fingerprint density at radius 3 is 3.19 bits per heavy atom. The molecule has 2 heterocycles. The fourth-order valence-corrected chi connectivity index (χ4v) is 1.49. The van der Waals surface area contributed by atoms with Gasteiger partial charge in [-0.3, -0.25) is 5.10 Å². The molecule has 16 heavy (non-hydrogen) atoms. The summed E-state index contributed by atoms with van der Waals surface area (Å²) < 4.78 is 2.00. The van der Waals surface area contributed by atoms with E-state index in [1.54, 1.807) is 6.20 Å². The molecule has 2 rings (SSSR count). The lowest BCUT2D eigenvalue weighted by Gasteiger charge is -2.07. The van der Waals surface area contributed by atoms with Crippen LogP contribution in [-0.2, 0) is 13.1 Å². The standard InChI is InChI=1S/C11H15N5/c1-3-5-16-6-4-12-11(16)13-7-10-8-14-15-9(10)2/h3-4,6,8H,1,5,7H2,2H3,(H,12,13)(H,14,15). The van der Waals surface area contributed by atoms with Crippen molar-refractivity contribution in [3.05, 3.63) is 42.5 Å². The Labute approximate surface area is 94.2 Å². The smallest absolute Gasteiger partial charge is 0.203 e. The average Bonchev–Trinajstić information content (AvgIpc) is 2.86. The molecule has 0 fully saturated rings. The second-order valence-electron chi connectivity index (χ2n) is 3.57. The summed E-state index contributed by atoms with van der Waals surface area (Å²) in [5, 5.41) is 10.1. The first-order chi connectivity index (χ1) is 7.81. The molecule has 0 bridgehead atoms. The number of nitrogens with one attached hydrogen (secondary N) is 2. The van der Waals surface area contributed by atoms with Gasteiger partial charge in [0.2, 0.25) is 5.95 Å². The van der Waals surface area contributed by atoms with E-state index in [4.69, 9.17) is 0 Å². The predicted molar refractivity (Wildman–Crippen MR) is 63.1 cm³/mol. The van der Waals surface area contributed by atoms with Gasteiger partial charge >= 0.3 is 0 Å². The van der Waals surface area contributed by atoms with Crippen LogP contribution in [0.2, 0.25) is 0 Å². The highest BCUT2D eigenvalue weighted by Crippen LogP contribution is 2.08. The van der Waals surface area contributed by atoms with Crippen LogP contribution in [0.15, 0.2) is 31.2 Å². The zero-order valence-corrected chi connectivity index (χ0v) is 9.27. The highest BCUT2D eigenvalue weighted by atomic mass is 15.2. The number of aromatic nitrogens is 4. The van der Waals surface area contributed by atoms with E-state index in [9.17, 15) is 0 Å². The first-order valence-corrected chi connectivity index (χ1v) is 5.16. The van der Waals surface area contributed by atoms with Gasteiger partial charge in [-0.05, 0) is 6.92 Å². The molecule has 2 N–H and O–H groups in total. The topological polar surface area (TPSA) is 58.5 Å². The second-order valence-corrected chi connectivity index (χ2v) is 3.57. The van der Waals surface area contributed by atoms with Gasteiger partial charge in [-0.15, -0.1) is 6.58 Å². The second kappa shape index (κ2) is 4.65. The monoisotopic (exact) mass is 217 g/mol. The molecular formula is C11H15N5. The van der Waals surface area contributed by atoms with Gasteiger partial charge in [-0.25, -0.2) is 4.98 Å². The number of rotatable bonds is 5. The molecule has 2 aromatic rings. The van der Waals surface area contributed by atoms with Crippen LogP contribution in [-0.4, -0.2) is 19.7 Å². The summed E-state index contributed by atoms with van der Waals surface area (Å²) in [5.74, 6) is 0.848. The Balaban J connectivity index is 2.02. The van der Waals surface area contributed by atoms with E-state index < -0.39 is 0 Å². The number of hydrogen-bond acceptors (Lipinski definition) is 3. The van der Waals surface area contributed by atoms with E-state index in [0.717, 1.165) is 30.3 Å². The minimum absolute atomic E-state index is 0.719. The number of imidazole rings is 1.